The van der Waals surface area contributed by atoms with E-state index >= 15 is 0 Å². The quantitative estimate of drug-likeness (QED) is 0.775. The molecule has 0 fully saturated rings. The van der Waals surface area contributed by atoms with Crippen LogP contribution in [0.5, 0.6) is 0 Å². The Hall–Kier alpha value is -1.18. The summed E-state index contributed by atoms with van der Waals surface area (Å²) in [4.78, 5) is 11.9. The van der Waals surface area contributed by atoms with E-state index in [4.69, 9.17) is 10.00 Å². The highest BCUT2D eigenvalue weighted by Gasteiger charge is 2.44. The highest BCUT2D eigenvalue weighted by atomic mass is 16.5. The first-order valence-electron chi connectivity index (χ1n) is 5.28. The van der Waals surface area contributed by atoms with Crippen molar-refractivity contribution in [1.82, 2.24) is 5.32 Å². The molecule has 4 nitrogen and oxygen atoms in total. The van der Waals surface area contributed by atoms with Crippen molar-refractivity contribution in [3.05, 3.63) is 11.6 Å². The minimum atomic E-state index is -0.558. The lowest BCUT2D eigenvalue weighted by Crippen LogP contribution is -2.49. The van der Waals surface area contributed by atoms with Crippen molar-refractivity contribution in [2.75, 3.05) is 20.7 Å². The summed E-state index contributed by atoms with van der Waals surface area (Å²) in [5, 5.41) is 12.0. The van der Waals surface area contributed by atoms with Gasteiger partial charge in [-0.25, -0.2) is 0 Å². The Morgan fingerprint density at radius 1 is 1.62 bits per heavy atom. The van der Waals surface area contributed by atoms with Gasteiger partial charge in [-0.05, 0) is 19.5 Å². The maximum Gasteiger partial charge on any atom is 0.178 e. The number of Topliss-reactive ketones (excluding diaryl/α,β-unsaturated/α-hetero) is 1. The molecule has 1 rings (SSSR count). The van der Waals surface area contributed by atoms with Gasteiger partial charge in [-0.2, -0.15) is 5.26 Å². The number of rotatable bonds is 3. The molecular weight excluding hydrogens is 204 g/mol. The second-order valence-electron chi connectivity index (χ2n) is 4.86. The third-order valence-corrected chi connectivity index (χ3v) is 3.01. The number of hydrogen-bond donors (Lipinski definition) is 1. The number of nitrogens with zero attached hydrogens (tertiary/aromatic N) is 1. The summed E-state index contributed by atoms with van der Waals surface area (Å²) in [5.74, 6) is -0.0984. The number of methoxy groups -OCH3 is 1. The van der Waals surface area contributed by atoms with Gasteiger partial charge in [-0.3, -0.25) is 4.79 Å². The minimum absolute atomic E-state index is 0.0984. The molecule has 0 saturated heterocycles. The molecule has 1 unspecified atom stereocenters. The maximum absolute atomic E-state index is 11.9. The van der Waals surface area contributed by atoms with Gasteiger partial charge in [-0.15, -0.1) is 0 Å². The average molecular weight is 222 g/mol. The maximum atomic E-state index is 11.9. The molecule has 0 radical (unpaired) electrons. The monoisotopic (exact) mass is 222 g/mol. The van der Waals surface area contributed by atoms with Crippen LogP contribution in [-0.4, -0.2) is 32.1 Å². The van der Waals surface area contributed by atoms with E-state index in [1.807, 2.05) is 27.0 Å². The molecule has 0 spiro atoms. The average Bonchev–Trinajstić information content (AvgIpc) is 2.23. The molecule has 0 heterocycles. The Bertz CT molecular complexity index is 366. The number of carbonyl (C=O) groups excluding carboxylic acids is 1. The Morgan fingerprint density at radius 2 is 2.25 bits per heavy atom. The lowest BCUT2D eigenvalue weighted by Gasteiger charge is -2.40. The van der Waals surface area contributed by atoms with Crippen LogP contribution in [0.25, 0.3) is 0 Å². The molecule has 88 valence electrons. The second kappa shape index (κ2) is 4.36. The van der Waals surface area contributed by atoms with E-state index < -0.39 is 11.0 Å². The summed E-state index contributed by atoms with van der Waals surface area (Å²) < 4.78 is 5.49. The van der Waals surface area contributed by atoms with Gasteiger partial charge in [-0.1, -0.05) is 13.8 Å². The third kappa shape index (κ3) is 2.16. The molecule has 0 aromatic heterocycles. The molecule has 0 amide bonds. The van der Waals surface area contributed by atoms with Gasteiger partial charge in [0.05, 0.1) is 5.57 Å². The van der Waals surface area contributed by atoms with Crippen molar-refractivity contribution in [2.45, 2.75) is 25.9 Å². The van der Waals surface area contributed by atoms with Crippen molar-refractivity contribution >= 4 is 5.78 Å². The number of ketones is 1. The first kappa shape index (κ1) is 12.9. The molecule has 0 saturated carbocycles. The Labute approximate surface area is 96.3 Å². The van der Waals surface area contributed by atoms with Gasteiger partial charge in [0.25, 0.3) is 0 Å². The van der Waals surface area contributed by atoms with E-state index in [1.54, 1.807) is 13.2 Å². The molecule has 1 atom stereocenters. The van der Waals surface area contributed by atoms with Crippen LogP contribution in [0.15, 0.2) is 11.6 Å². The summed E-state index contributed by atoms with van der Waals surface area (Å²) in [6, 6.07) is 1.96. The summed E-state index contributed by atoms with van der Waals surface area (Å²) in [7, 11) is 3.43. The zero-order valence-electron chi connectivity index (χ0n) is 10.3. The van der Waals surface area contributed by atoms with E-state index in [-0.39, 0.29) is 11.4 Å². The van der Waals surface area contributed by atoms with E-state index in [9.17, 15) is 4.79 Å². The number of nitrogens with one attached hydrogen (secondary N) is 1. The van der Waals surface area contributed by atoms with Crippen molar-refractivity contribution in [3.8, 4) is 6.07 Å². The van der Waals surface area contributed by atoms with E-state index in [2.05, 4.69) is 5.32 Å². The van der Waals surface area contributed by atoms with Crippen LogP contribution in [0.4, 0.5) is 0 Å². The van der Waals surface area contributed by atoms with Gasteiger partial charge in [0, 0.05) is 19.1 Å². The summed E-state index contributed by atoms with van der Waals surface area (Å²) in [5.41, 5.74) is -0.905. The molecule has 0 aliphatic heterocycles. The zero-order chi connectivity index (χ0) is 12.4. The second-order valence-corrected chi connectivity index (χ2v) is 4.86. The number of carbonyl (C=O) groups is 1. The van der Waals surface area contributed by atoms with Crippen LogP contribution >= 0.6 is 0 Å². The normalized spacial score (nSPS) is 28.4. The highest BCUT2D eigenvalue weighted by molar-refractivity contribution is 6.03. The number of allylic oxidation sites excluding steroid dienone is 1. The fraction of sp³-hybridized carbons (Fsp3) is 0.667. The SMILES string of the molecule is CNCC1(OC)C=C(C#N)C(=O)C(C)(C)C1. The largest absolute Gasteiger partial charge is 0.373 e. The van der Waals surface area contributed by atoms with Gasteiger partial charge >= 0.3 is 0 Å². The van der Waals surface area contributed by atoms with Crippen molar-refractivity contribution < 1.29 is 9.53 Å². The van der Waals surface area contributed by atoms with Crippen LogP contribution in [0, 0.1) is 16.7 Å². The van der Waals surface area contributed by atoms with Crippen LogP contribution < -0.4 is 5.32 Å². The van der Waals surface area contributed by atoms with Gasteiger partial charge in [0.2, 0.25) is 0 Å². The first-order valence-corrected chi connectivity index (χ1v) is 5.28. The van der Waals surface area contributed by atoms with Crippen LogP contribution in [0.2, 0.25) is 0 Å². The smallest absolute Gasteiger partial charge is 0.178 e. The summed E-state index contributed by atoms with van der Waals surface area (Å²) in [6.45, 7) is 4.29. The Balaban J connectivity index is 3.20. The molecular formula is C12H18N2O2. The van der Waals surface area contributed by atoms with Gasteiger partial charge in [0.15, 0.2) is 5.78 Å². The Kier molecular flexibility index (Phi) is 3.51. The molecule has 0 bridgehead atoms. The zero-order valence-corrected chi connectivity index (χ0v) is 10.3. The standard InChI is InChI=1S/C12H18N2O2/c1-11(2)7-12(16-4,8-14-3)5-9(6-13)10(11)15/h5,14H,7-8H2,1-4H3. The third-order valence-electron chi connectivity index (χ3n) is 3.01. The molecule has 4 heteroatoms. The topological polar surface area (TPSA) is 62.1 Å². The predicted molar refractivity (Wildman–Crippen MR) is 60.8 cm³/mol. The van der Waals surface area contributed by atoms with E-state index in [0.29, 0.717) is 13.0 Å². The van der Waals surface area contributed by atoms with E-state index in [0.717, 1.165) is 0 Å². The number of hydrogen-bond acceptors (Lipinski definition) is 4. The number of ether oxygens (including phenoxy) is 1. The summed E-state index contributed by atoms with van der Waals surface area (Å²) in [6.07, 6.45) is 2.23. The minimum Gasteiger partial charge on any atom is -0.373 e. The van der Waals surface area contributed by atoms with Crippen LogP contribution in [0.3, 0.4) is 0 Å². The lowest BCUT2D eigenvalue weighted by atomic mass is 9.70. The molecule has 1 aliphatic carbocycles. The van der Waals surface area contributed by atoms with Gasteiger partial charge < -0.3 is 10.1 Å². The lowest BCUT2D eigenvalue weighted by molar-refractivity contribution is -0.128. The van der Waals surface area contributed by atoms with Crippen LogP contribution in [0.1, 0.15) is 20.3 Å². The fourth-order valence-electron chi connectivity index (χ4n) is 2.27. The van der Waals surface area contributed by atoms with Crippen molar-refractivity contribution in [2.24, 2.45) is 5.41 Å². The van der Waals surface area contributed by atoms with E-state index in [1.165, 1.54) is 0 Å². The molecule has 1 N–H and O–H groups in total. The molecule has 0 aromatic carbocycles. The van der Waals surface area contributed by atoms with Crippen molar-refractivity contribution in [1.29, 1.82) is 5.26 Å². The first-order chi connectivity index (χ1) is 7.40. The predicted octanol–water partition coefficient (Wildman–Crippen LogP) is 1.04. The fourth-order valence-corrected chi connectivity index (χ4v) is 2.27. The van der Waals surface area contributed by atoms with Crippen LogP contribution in [-0.2, 0) is 9.53 Å². The highest BCUT2D eigenvalue weighted by Crippen LogP contribution is 2.38. The Morgan fingerprint density at radius 3 is 2.69 bits per heavy atom. The molecule has 0 aromatic rings. The number of likely N-dealkylation sites (N-methyl/N-ethyl adjacent to an activating group) is 1. The molecule has 16 heavy (non-hydrogen) atoms. The molecule has 1 aliphatic rings. The van der Waals surface area contributed by atoms with Crippen molar-refractivity contribution in [3.63, 3.8) is 0 Å². The number of nitriles is 1. The van der Waals surface area contributed by atoms with Gasteiger partial charge in [0.1, 0.15) is 11.7 Å². The summed E-state index contributed by atoms with van der Waals surface area (Å²) >= 11 is 0.